The molecule has 1 N–H and O–H groups in total. The monoisotopic (exact) mass is 432 g/mol. The van der Waals surface area contributed by atoms with E-state index in [9.17, 15) is 5.11 Å². The fraction of sp³-hybridized carbons (Fsp3) is 0.926. The average molecular weight is 433 g/mol. The van der Waals surface area contributed by atoms with Gasteiger partial charge >= 0.3 is 0 Å². The first kappa shape index (κ1) is 23.0. The van der Waals surface area contributed by atoms with Crippen molar-refractivity contribution in [2.24, 2.45) is 34.5 Å². The van der Waals surface area contributed by atoms with Gasteiger partial charge in [-0.05, 0) is 110 Å². The van der Waals surface area contributed by atoms with Gasteiger partial charge in [0.05, 0.1) is 11.7 Å². The zero-order valence-electron chi connectivity index (χ0n) is 20.9. The van der Waals surface area contributed by atoms with Crippen LogP contribution in [0.2, 0.25) is 18.1 Å². The molecule has 0 aromatic heterocycles. The first-order valence-electron chi connectivity index (χ1n) is 12.8. The van der Waals surface area contributed by atoms with Crippen LogP contribution in [0.3, 0.4) is 0 Å². The van der Waals surface area contributed by atoms with Crippen molar-refractivity contribution in [3.05, 3.63) is 12.7 Å². The van der Waals surface area contributed by atoms with Crippen LogP contribution in [-0.2, 0) is 4.43 Å². The van der Waals surface area contributed by atoms with Crippen LogP contribution in [-0.4, -0.2) is 25.1 Å². The highest BCUT2D eigenvalue weighted by atomic mass is 28.4. The highest BCUT2D eigenvalue weighted by molar-refractivity contribution is 6.74. The molecular weight excluding hydrogens is 384 g/mol. The van der Waals surface area contributed by atoms with Crippen molar-refractivity contribution in [1.82, 2.24) is 0 Å². The van der Waals surface area contributed by atoms with E-state index in [0.717, 1.165) is 30.6 Å². The van der Waals surface area contributed by atoms with Gasteiger partial charge < -0.3 is 9.53 Å². The summed E-state index contributed by atoms with van der Waals surface area (Å²) in [5, 5.41) is 11.2. The maximum absolute atomic E-state index is 10.9. The van der Waals surface area contributed by atoms with Gasteiger partial charge in [0.2, 0.25) is 0 Å². The minimum atomic E-state index is -1.74. The predicted octanol–water partition coefficient (Wildman–Crippen LogP) is 7.34. The second-order valence-electron chi connectivity index (χ2n) is 13.7. The Morgan fingerprint density at radius 2 is 1.60 bits per heavy atom. The fourth-order valence-electron chi connectivity index (χ4n) is 8.14. The van der Waals surface area contributed by atoms with Crippen molar-refractivity contribution in [2.75, 3.05) is 0 Å². The van der Waals surface area contributed by atoms with E-state index in [0.29, 0.717) is 22.9 Å². The van der Waals surface area contributed by atoms with Crippen molar-refractivity contribution in [3.8, 4) is 0 Å². The third-order valence-corrected chi connectivity index (χ3v) is 15.8. The Balaban J connectivity index is 1.54. The Bertz CT molecular complexity index is 681. The third kappa shape index (κ3) is 3.41. The smallest absolute Gasteiger partial charge is 0.192 e. The highest BCUT2D eigenvalue weighted by Crippen LogP contribution is 2.67. The second kappa shape index (κ2) is 7.19. The molecule has 0 bridgehead atoms. The zero-order valence-corrected chi connectivity index (χ0v) is 21.9. The standard InChI is InChI=1S/C27H48O2Si/c1-9-27(28)17-16-25(5)19(18-27)10-11-20-21-12-13-23(26(21,6)15-14-22(20)25)29-30(7,8)24(2,3)4/h9,19-23,28H,1,10-18H2,2-8H3/t19-,20-,21-,22-,23-,25-,26-,27-/m0/s1. The topological polar surface area (TPSA) is 29.5 Å². The summed E-state index contributed by atoms with van der Waals surface area (Å²) >= 11 is 0. The lowest BCUT2D eigenvalue weighted by Crippen LogP contribution is -2.57. The van der Waals surface area contributed by atoms with Crippen LogP contribution in [0.4, 0.5) is 0 Å². The fourth-order valence-corrected chi connectivity index (χ4v) is 9.59. The molecule has 0 heterocycles. The van der Waals surface area contributed by atoms with Gasteiger partial charge in [0, 0.05) is 0 Å². The number of hydrogen-bond acceptors (Lipinski definition) is 2. The molecule has 30 heavy (non-hydrogen) atoms. The molecule has 4 aliphatic rings. The van der Waals surface area contributed by atoms with Crippen LogP contribution in [0.15, 0.2) is 12.7 Å². The van der Waals surface area contributed by atoms with Gasteiger partial charge in [-0.3, -0.25) is 0 Å². The Labute approximate surface area is 187 Å². The molecule has 0 aromatic rings. The van der Waals surface area contributed by atoms with Crippen molar-refractivity contribution in [3.63, 3.8) is 0 Å². The Morgan fingerprint density at radius 1 is 0.933 bits per heavy atom. The molecule has 172 valence electrons. The number of aliphatic hydroxyl groups is 1. The van der Waals surface area contributed by atoms with Crippen LogP contribution in [0.5, 0.6) is 0 Å². The van der Waals surface area contributed by atoms with Gasteiger partial charge in [-0.1, -0.05) is 40.7 Å². The summed E-state index contributed by atoms with van der Waals surface area (Å²) in [4.78, 5) is 0. The van der Waals surface area contributed by atoms with Crippen molar-refractivity contribution < 1.29 is 9.53 Å². The summed E-state index contributed by atoms with van der Waals surface area (Å²) in [6, 6.07) is 0. The van der Waals surface area contributed by atoms with Crippen LogP contribution >= 0.6 is 0 Å². The van der Waals surface area contributed by atoms with Crippen LogP contribution < -0.4 is 0 Å². The molecule has 0 aliphatic heterocycles. The normalized spacial score (nSPS) is 49.1. The molecule has 0 amide bonds. The zero-order chi connectivity index (χ0) is 22.2. The van der Waals surface area contributed by atoms with E-state index < -0.39 is 13.9 Å². The first-order valence-corrected chi connectivity index (χ1v) is 15.7. The molecule has 0 aromatic carbocycles. The van der Waals surface area contributed by atoms with Crippen LogP contribution in [0.1, 0.15) is 92.4 Å². The predicted molar refractivity (Wildman–Crippen MR) is 129 cm³/mol. The Hall–Kier alpha value is -0.123. The summed E-state index contributed by atoms with van der Waals surface area (Å²) in [7, 11) is -1.74. The summed E-state index contributed by atoms with van der Waals surface area (Å²) in [5.74, 6) is 3.22. The van der Waals surface area contributed by atoms with Gasteiger partial charge in [-0.2, -0.15) is 0 Å². The summed E-state index contributed by atoms with van der Waals surface area (Å²) in [6.45, 7) is 21.1. The Morgan fingerprint density at radius 3 is 2.23 bits per heavy atom. The number of rotatable bonds is 3. The quantitative estimate of drug-likeness (QED) is 0.373. The van der Waals surface area contributed by atoms with E-state index in [4.69, 9.17) is 4.43 Å². The minimum absolute atomic E-state index is 0.286. The molecule has 4 saturated carbocycles. The molecule has 2 nitrogen and oxygen atoms in total. The lowest BCUT2D eigenvalue weighted by molar-refractivity contribution is -0.144. The summed E-state index contributed by atoms with van der Waals surface area (Å²) in [6.07, 6.45) is 13.3. The highest BCUT2D eigenvalue weighted by Gasteiger charge is 2.62. The molecule has 3 heteroatoms. The largest absolute Gasteiger partial charge is 0.413 e. The van der Waals surface area contributed by atoms with Gasteiger partial charge in [-0.15, -0.1) is 6.58 Å². The number of fused-ring (bicyclic) bond motifs is 5. The van der Waals surface area contributed by atoms with E-state index in [2.05, 4.69) is 54.3 Å². The average Bonchev–Trinajstić information content (AvgIpc) is 2.97. The first-order chi connectivity index (χ1) is 13.8. The molecular formula is C27H48O2Si. The Kier molecular flexibility index (Phi) is 5.52. The van der Waals surface area contributed by atoms with Gasteiger partial charge in [0.25, 0.3) is 0 Å². The molecule has 0 radical (unpaired) electrons. The van der Waals surface area contributed by atoms with E-state index in [1.54, 1.807) is 0 Å². The molecule has 8 atom stereocenters. The SMILES string of the molecule is C=C[C@]1(O)CC[C@@]2(C)[C@@H](CC[C@@H]3[C@@H]2CC[C@]2(C)[C@@H](O[Si](C)(C)C(C)(C)C)CC[C@@H]32)C1. The lowest BCUT2D eigenvalue weighted by Gasteiger charge is -2.62. The molecule has 4 fully saturated rings. The third-order valence-electron chi connectivity index (χ3n) is 11.3. The molecule has 4 aliphatic carbocycles. The van der Waals surface area contributed by atoms with Crippen molar-refractivity contribution in [1.29, 1.82) is 0 Å². The lowest BCUT2D eigenvalue weighted by atomic mass is 9.44. The van der Waals surface area contributed by atoms with E-state index >= 15 is 0 Å². The van der Waals surface area contributed by atoms with Gasteiger partial charge in [-0.25, -0.2) is 0 Å². The van der Waals surface area contributed by atoms with Gasteiger partial charge in [0.1, 0.15) is 0 Å². The molecule has 4 rings (SSSR count). The van der Waals surface area contributed by atoms with E-state index in [-0.39, 0.29) is 5.04 Å². The van der Waals surface area contributed by atoms with Crippen LogP contribution in [0, 0.1) is 34.5 Å². The minimum Gasteiger partial charge on any atom is -0.413 e. The maximum atomic E-state index is 10.9. The van der Waals surface area contributed by atoms with Gasteiger partial charge in [0.15, 0.2) is 8.32 Å². The maximum Gasteiger partial charge on any atom is 0.192 e. The molecule has 0 spiro atoms. The second-order valence-corrected chi connectivity index (χ2v) is 18.4. The molecule has 0 unspecified atom stereocenters. The van der Waals surface area contributed by atoms with Crippen molar-refractivity contribution in [2.45, 2.75) is 122 Å². The van der Waals surface area contributed by atoms with E-state index in [1.807, 2.05) is 6.08 Å². The van der Waals surface area contributed by atoms with Crippen molar-refractivity contribution >= 4 is 8.32 Å². The summed E-state index contributed by atoms with van der Waals surface area (Å²) in [5.41, 5.74) is 0.171. The van der Waals surface area contributed by atoms with Crippen LogP contribution in [0.25, 0.3) is 0 Å². The summed E-state index contributed by atoms with van der Waals surface area (Å²) < 4.78 is 7.08. The van der Waals surface area contributed by atoms with E-state index in [1.165, 1.54) is 44.9 Å². The molecule has 0 saturated heterocycles. The number of hydrogen-bond donors (Lipinski definition) is 1.